The van der Waals surface area contributed by atoms with E-state index in [9.17, 15) is 9.59 Å². The second-order valence-electron chi connectivity index (χ2n) is 7.07. The van der Waals surface area contributed by atoms with Crippen LogP contribution >= 0.6 is 11.6 Å². The average Bonchev–Trinajstić information content (AvgIpc) is 3.07. The molecule has 2 aliphatic rings. The summed E-state index contributed by atoms with van der Waals surface area (Å²) in [4.78, 5) is 33.7. The summed E-state index contributed by atoms with van der Waals surface area (Å²) in [5, 5.41) is 6.52. The molecule has 0 aliphatic carbocycles. The fourth-order valence-electron chi connectivity index (χ4n) is 3.37. The number of nitrogens with one attached hydrogen (secondary N) is 2. The molecule has 2 heterocycles. The third kappa shape index (κ3) is 6.24. The van der Waals surface area contributed by atoms with Crippen molar-refractivity contribution in [2.24, 2.45) is 4.99 Å². The van der Waals surface area contributed by atoms with E-state index in [1.54, 1.807) is 0 Å². The van der Waals surface area contributed by atoms with Gasteiger partial charge in [-0.3, -0.25) is 19.6 Å². The normalized spacial score (nSPS) is 18.0. The van der Waals surface area contributed by atoms with Crippen molar-refractivity contribution in [3.63, 3.8) is 0 Å². The van der Waals surface area contributed by atoms with Gasteiger partial charge >= 0.3 is 6.03 Å². The number of ether oxygens (including phenoxy) is 1. The first kappa shape index (κ1) is 22.2. The Morgan fingerprint density at radius 2 is 1.90 bits per heavy atom. The minimum absolute atomic E-state index is 0.0757. The van der Waals surface area contributed by atoms with Gasteiger partial charge in [0.15, 0.2) is 5.96 Å². The number of halogens is 1. The van der Waals surface area contributed by atoms with E-state index in [0.717, 1.165) is 51.0 Å². The standard InChI is InChI=1S/C20H29ClN6O3/c1-2-22-19(23-7-8-27-18(28)15-24-20(27)29)26-11-9-25(10-12-26)13-14-30-17-5-3-16(21)4-6-17/h3-6H,2,7-15H2,1H3,(H,22,23)(H,24,29). The van der Waals surface area contributed by atoms with Crippen molar-refractivity contribution in [1.29, 1.82) is 0 Å². The molecule has 2 N–H and O–H groups in total. The molecule has 0 radical (unpaired) electrons. The van der Waals surface area contributed by atoms with Crippen LogP contribution in [0.1, 0.15) is 6.92 Å². The number of benzene rings is 1. The fraction of sp³-hybridized carbons (Fsp3) is 0.550. The van der Waals surface area contributed by atoms with Crippen molar-refractivity contribution in [1.82, 2.24) is 25.3 Å². The van der Waals surface area contributed by atoms with Gasteiger partial charge in [0.2, 0.25) is 5.91 Å². The molecule has 10 heteroatoms. The Balaban J connectivity index is 1.41. The average molecular weight is 437 g/mol. The van der Waals surface area contributed by atoms with Gasteiger partial charge in [-0.25, -0.2) is 4.79 Å². The summed E-state index contributed by atoms with van der Waals surface area (Å²) in [6.07, 6.45) is 0. The maximum Gasteiger partial charge on any atom is 0.324 e. The Bertz CT molecular complexity index is 733. The van der Waals surface area contributed by atoms with E-state index in [4.69, 9.17) is 16.3 Å². The van der Waals surface area contributed by atoms with Crippen molar-refractivity contribution < 1.29 is 14.3 Å². The Morgan fingerprint density at radius 3 is 2.53 bits per heavy atom. The molecule has 2 saturated heterocycles. The highest BCUT2D eigenvalue weighted by molar-refractivity contribution is 6.30. The second-order valence-corrected chi connectivity index (χ2v) is 7.51. The summed E-state index contributed by atoms with van der Waals surface area (Å²) >= 11 is 5.89. The van der Waals surface area contributed by atoms with Crippen LogP contribution in [-0.2, 0) is 4.79 Å². The zero-order valence-corrected chi connectivity index (χ0v) is 18.0. The topological polar surface area (TPSA) is 89.5 Å². The van der Waals surface area contributed by atoms with Gasteiger partial charge in [0.05, 0.1) is 19.6 Å². The third-order valence-corrected chi connectivity index (χ3v) is 5.27. The Hall–Kier alpha value is -2.52. The minimum atomic E-state index is -0.338. The number of piperazine rings is 1. The molecule has 3 amide bonds. The van der Waals surface area contributed by atoms with Crippen LogP contribution < -0.4 is 15.4 Å². The molecule has 1 aromatic rings. The maximum atomic E-state index is 11.7. The SMILES string of the molecule is CCNC(=NCCN1C(=O)CNC1=O)N1CCN(CCOc2ccc(Cl)cc2)CC1. The number of amides is 3. The number of guanidine groups is 1. The molecular formula is C20H29ClN6O3. The lowest BCUT2D eigenvalue weighted by Gasteiger charge is -2.36. The van der Waals surface area contributed by atoms with E-state index in [0.29, 0.717) is 24.7 Å². The first-order valence-electron chi connectivity index (χ1n) is 10.3. The summed E-state index contributed by atoms with van der Waals surface area (Å²) in [5.74, 6) is 1.45. The summed E-state index contributed by atoms with van der Waals surface area (Å²) in [6.45, 7) is 8.58. The first-order chi connectivity index (χ1) is 14.6. The predicted molar refractivity (Wildman–Crippen MR) is 116 cm³/mol. The van der Waals surface area contributed by atoms with E-state index in [1.165, 1.54) is 4.90 Å². The monoisotopic (exact) mass is 436 g/mol. The molecule has 30 heavy (non-hydrogen) atoms. The molecule has 3 rings (SSSR count). The molecule has 0 aromatic heterocycles. The van der Waals surface area contributed by atoms with Gasteiger partial charge in [-0.1, -0.05) is 11.6 Å². The first-order valence-corrected chi connectivity index (χ1v) is 10.7. The number of carbonyl (C=O) groups is 2. The lowest BCUT2D eigenvalue weighted by Crippen LogP contribution is -2.53. The third-order valence-electron chi connectivity index (χ3n) is 5.02. The van der Waals surface area contributed by atoms with Crippen LogP contribution in [0.15, 0.2) is 29.3 Å². The van der Waals surface area contributed by atoms with E-state index in [1.807, 2.05) is 31.2 Å². The molecule has 9 nitrogen and oxygen atoms in total. The number of nitrogens with zero attached hydrogens (tertiary/aromatic N) is 4. The lowest BCUT2D eigenvalue weighted by atomic mass is 10.3. The molecular weight excluding hydrogens is 408 g/mol. The molecule has 1 aromatic carbocycles. The molecule has 0 saturated carbocycles. The minimum Gasteiger partial charge on any atom is -0.492 e. The largest absolute Gasteiger partial charge is 0.492 e. The van der Waals surface area contributed by atoms with Crippen molar-refractivity contribution in [3.05, 3.63) is 29.3 Å². The van der Waals surface area contributed by atoms with E-state index >= 15 is 0 Å². The van der Waals surface area contributed by atoms with Crippen molar-refractivity contribution in [2.75, 3.05) is 65.5 Å². The van der Waals surface area contributed by atoms with Gasteiger partial charge in [0, 0.05) is 44.3 Å². The van der Waals surface area contributed by atoms with Crippen LogP contribution in [0.25, 0.3) is 0 Å². The lowest BCUT2D eigenvalue weighted by molar-refractivity contribution is -0.124. The van der Waals surface area contributed by atoms with Crippen molar-refractivity contribution in [3.8, 4) is 5.75 Å². The van der Waals surface area contributed by atoms with Gasteiger partial charge in [-0.15, -0.1) is 0 Å². The summed E-state index contributed by atoms with van der Waals surface area (Å²) in [6, 6.07) is 7.05. The number of aliphatic imine (C=N–C) groups is 1. The van der Waals surface area contributed by atoms with Crippen LogP contribution in [-0.4, -0.2) is 98.1 Å². The van der Waals surface area contributed by atoms with Gasteiger partial charge < -0.3 is 20.3 Å². The van der Waals surface area contributed by atoms with Crippen LogP contribution in [0.2, 0.25) is 5.02 Å². The predicted octanol–water partition coefficient (Wildman–Crippen LogP) is 0.854. The zero-order chi connectivity index (χ0) is 21.3. The van der Waals surface area contributed by atoms with E-state index < -0.39 is 0 Å². The fourth-order valence-corrected chi connectivity index (χ4v) is 3.50. The maximum absolute atomic E-state index is 11.7. The molecule has 0 spiro atoms. The number of hydrogen-bond acceptors (Lipinski definition) is 5. The Kier molecular flexibility index (Phi) is 8.15. The number of imide groups is 1. The van der Waals surface area contributed by atoms with Gasteiger partial charge in [0.1, 0.15) is 12.4 Å². The smallest absolute Gasteiger partial charge is 0.324 e. The molecule has 2 fully saturated rings. The van der Waals surface area contributed by atoms with E-state index in [-0.39, 0.29) is 18.5 Å². The summed E-state index contributed by atoms with van der Waals surface area (Å²) < 4.78 is 5.78. The number of rotatable bonds is 8. The Labute approximate surface area is 182 Å². The van der Waals surface area contributed by atoms with Crippen LogP contribution in [0.3, 0.4) is 0 Å². The highest BCUT2D eigenvalue weighted by atomic mass is 35.5. The number of urea groups is 1. The molecule has 0 atom stereocenters. The Morgan fingerprint density at radius 1 is 1.17 bits per heavy atom. The summed E-state index contributed by atoms with van der Waals surface area (Å²) in [7, 11) is 0. The van der Waals surface area contributed by atoms with Crippen LogP contribution in [0, 0.1) is 0 Å². The molecule has 164 valence electrons. The number of hydrogen-bond donors (Lipinski definition) is 2. The van der Waals surface area contributed by atoms with Gasteiger partial charge in [0.25, 0.3) is 0 Å². The van der Waals surface area contributed by atoms with Crippen molar-refractivity contribution in [2.45, 2.75) is 6.92 Å². The second kappa shape index (κ2) is 11.0. The van der Waals surface area contributed by atoms with Crippen LogP contribution in [0.4, 0.5) is 4.79 Å². The van der Waals surface area contributed by atoms with Crippen molar-refractivity contribution >= 4 is 29.5 Å². The number of carbonyl (C=O) groups excluding carboxylic acids is 2. The summed E-state index contributed by atoms with van der Waals surface area (Å²) in [5.41, 5.74) is 0. The van der Waals surface area contributed by atoms with Crippen LogP contribution in [0.5, 0.6) is 5.75 Å². The van der Waals surface area contributed by atoms with Gasteiger partial charge in [-0.05, 0) is 31.2 Å². The zero-order valence-electron chi connectivity index (χ0n) is 17.3. The quantitative estimate of drug-likeness (QED) is 0.357. The highest BCUT2D eigenvalue weighted by Gasteiger charge is 2.27. The molecule has 0 unspecified atom stereocenters. The molecule has 2 aliphatic heterocycles. The van der Waals surface area contributed by atoms with E-state index in [2.05, 4.69) is 25.4 Å². The van der Waals surface area contributed by atoms with Gasteiger partial charge in [-0.2, -0.15) is 0 Å². The molecule has 0 bridgehead atoms. The highest BCUT2D eigenvalue weighted by Crippen LogP contribution is 2.15.